The second-order valence-corrected chi connectivity index (χ2v) is 8.97. The fourth-order valence-corrected chi connectivity index (χ4v) is 4.67. The number of benzene rings is 3. The molecule has 170 valence electrons. The van der Waals surface area contributed by atoms with Gasteiger partial charge in [0.1, 0.15) is 0 Å². The molecule has 1 aromatic heterocycles. The normalized spacial score (nSPS) is 11.7. The van der Waals surface area contributed by atoms with E-state index in [0.29, 0.717) is 6.54 Å². The first-order valence-electron chi connectivity index (χ1n) is 10.5. The molecule has 1 N–H and O–H groups in total. The number of hydrogen-bond acceptors (Lipinski definition) is 2. The van der Waals surface area contributed by atoms with Crippen molar-refractivity contribution in [3.8, 4) is 0 Å². The highest BCUT2D eigenvalue weighted by molar-refractivity contribution is 8.00. The molecule has 1 amide bonds. The Hall–Kier alpha value is -3.19. The number of halogens is 3. The lowest BCUT2D eigenvalue weighted by atomic mass is 10.1. The summed E-state index contributed by atoms with van der Waals surface area (Å²) in [7, 11) is 0. The summed E-state index contributed by atoms with van der Waals surface area (Å²) >= 11 is 1.32. The van der Waals surface area contributed by atoms with Crippen LogP contribution in [-0.4, -0.2) is 16.2 Å². The third-order valence-corrected chi connectivity index (χ3v) is 6.51. The topological polar surface area (TPSA) is 34.0 Å². The van der Waals surface area contributed by atoms with Gasteiger partial charge < -0.3 is 9.88 Å². The van der Waals surface area contributed by atoms with Gasteiger partial charge >= 0.3 is 6.18 Å². The zero-order valence-corrected chi connectivity index (χ0v) is 19.1. The number of alkyl halides is 3. The number of rotatable bonds is 6. The van der Waals surface area contributed by atoms with Crippen molar-refractivity contribution in [2.75, 3.05) is 11.1 Å². The van der Waals surface area contributed by atoms with Gasteiger partial charge in [0.05, 0.1) is 17.0 Å². The van der Waals surface area contributed by atoms with E-state index in [1.165, 1.54) is 46.7 Å². The summed E-state index contributed by atoms with van der Waals surface area (Å²) < 4.78 is 41.7. The van der Waals surface area contributed by atoms with Gasteiger partial charge in [-0.25, -0.2) is 0 Å². The summed E-state index contributed by atoms with van der Waals surface area (Å²) in [5.74, 6) is -0.480. The number of aromatic nitrogens is 1. The van der Waals surface area contributed by atoms with Crippen molar-refractivity contribution >= 4 is 34.3 Å². The third-order valence-electron chi connectivity index (χ3n) is 5.46. The minimum Gasteiger partial charge on any atom is -0.342 e. The molecule has 0 saturated heterocycles. The van der Waals surface area contributed by atoms with Crippen LogP contribution in [0.4, 0.5) is 18.9 Å². The van der Waals surface area contributed by atoms with E-state index in [9.17, 15) is 18.0 Å². The number of carbonyl (C=O) groups is 1. The SMILES string of the molecule is Cc1ccc(C)c(Cn2cc(SCC(=O)Nc3ccccc3C(F)(F)F)c3ccccc32)c1. The van der Waals surface area contributed by atoms with E-state index in [4.69, 9.17) is 0 Å². The van der Waals surface area contributed by atoms with Gasteiger partial charge in [-0.2, -0.15) is 13.2 Å². The average Bonchev–Trinajstić information content (AvgIpc) is 3.12. The highest BCUT2D eigenvalue weighted by atomic mass is 32.2. The molecule has 0 atom stereocenters. The predicted octanol–water partition coefficient (Wildman–Crippen LogP) is 7.06. The van der Waals surface area contributed by atoms with Crippen molar-refractivity contribution in [3.63, 3.8) is 0 Å². The van der Waals surface area contributed by atoms with Crippen LogP contribution in [0.3, 0.4) is 0 Å². The van der Waals surface area contributed by atoms with Gasteiger partial charge in [-0.05, 0) is 43.2 Å². The summed E-state index contributed by atoms with van der Waals surface area (Å²) in [6.07, 6.45) is -2.52. The van der Waals surface area contributed by atoms with E-state index in [2.05, 4.69) is 41.9 Å². The van der Waals surface area contributed by atoms with Crippen molar-refractivity contribution in [1.29, 1.82) is 0 Å². The fraction of sp³-hybridized carbons (Fsp3) is 0.192. The molecule has 3 aromatic carbocycles. The zero-order valence-electron chi connectivity index (χ0n) is 18.2. The third kappa shape index (κ3) is 5.25. The molecule has 0 unspecified atom stereocenters. The molecule has 4 rings (SSSR count). The molecule has 7 heteroatoms. The van der Waals surface area contributed by atoms with Gasteiger partial charge in [0.25, 0.3) is 0 Å². The largest absolute Gasteiger partial charge is 0.418 e. The Kier molecular flexibility index (Phi) is 6.51. The van der Waals surface area contributed by atoms with E-state index in [1.54, 1.807) is 0 Å². The number of para-hydroxylation sites is 2. The van der Waals surface area contributed by atoms with E-state index < -0.39 is 17.6 Å². The number of hydrogen-bond donors (Lipinski definition) is 1. The lowest BCUT2D eigenvalue weighted by Gasteiger charge is -2.13. The standard InChI is InChI=1S/C26H23F3N2OS/c1-17-11-12-18(2)19(13-17)14-31-15-24(20-7-3-6-10-23(20)31)33-16-25(32)30-22-9-5-4-8-21(22)26(27,28)29/h3-13,15H,14,16H2,1-2H3,(H,30,32). The van der Waals surface area contributed by atoms with E-state index in [1.807, 2.05) is 30.5 Å². The first-order chi connectivity index (χ1) is 15.7. The quantitative estimate of drug-likeness (QED) is 0.308. The first kappa shape index (κ1) is 23.0. The van der Waals surface area contributed by atoms with Crippen LogP contribution in [0.2, 0.25) is 0 Å². The van der Waals surface area contributed by atoms with Crippen molar-refractivity contribution in [3.05, 3.63) is 95.2 Å². The van der Waals surface area contributed by atoms with Crippen molar-refractivity contribution in [2.45, 2.75) is 31.5 Å². The summed E-state index contributed by atoms with van der Waals surface area (Å²) in [5.41, 5.74) is 3.58. The summed E-state index contributed by atoms with van der Waals surface area (Å²) in [5, 5.41) is 3.42. The van der Waals surface area contributed by atoms with Gasteiger partial charge in [-0.3, -0.25) is 4.79 Å². The van der Waals surface area contributed by atoms with Crippen molar-refractivity contribution in [1.82, 2.24) is 4.57 Å². The fourth-order valence-electron chi connectivity index (χ4n) is 3.78. The number of anilines is 1. The highest BCUT2D eigenvalue weighted by Crippen LogP contribution is 2.35. The minimum atomic E-state index is -4.53. The predicted molar refractivity (Wildman–Crippen MR) is 128 cm³/mol. The number of nitrogens with one attached hydrogen (secondary N) is 1. The molecular weight excluding hydrogens is 445 g/mol. The first-order valence-corrected chi connectivity index (χ1v) is 11.4. The molecule has 4 aromatic rings. The smallest absolute Gasteiger partial charge is 0.342 e. The number of amides is 1. The number of aryl methyl sites for hydroxylation is 2. The molecule has 0 aliphatic rings. The second-order valence-electron chi connectivity index (χ2n) is 7.95. The van der Waals surface area contributed by atoms with Crippen LogP contribution in [0.15, 0.2) is 77.8 Å². The maximum absolute atomic E-state index is 13.2. The van der Waals surface area contributed by atoms with Gasteiger partial charge in [0, 0.05) is 28.5 Å². The molecule has 0 fully saturated rings. The van der Waals surface area contributed by atoms with Crippen LogP contribution >= 0.6 is 11.8 Å². The number of fused-ring (bicyclic) bond motifs is 1. The molecule has 0 bridgehead atoms. The van der Waals surface area contributed by atoms with Gasteiger partial charge in [0.2, 0.25) is 5.91 Å². The van der Waals surface area contributed by atoms with E-state index >= 15 is 0 Å². The Bertz CT molecular complexity index is 1310. The molecule has 0 aliphatic heterocycles. The summed E-state index contributed by atoms with van der Waals surface area (Å²) in [6, 6.07) is 19.3. The Labute approximate surface area is 194 Å². The van der Waals surface area contributed by atoms with Crippen LogP contribution in [0.1, 0.15) is 22.3 Å². The Balaban J connectivity index is 1.53. The molecule has 0 saturated carbocycles. The maximum Gasteiger partial charge on any atom is 0.418 e. The molecule has 3 nitrogen and oxygen atoms in total. The zero-order chi connectivity index (χ0) is 23.6. The number of nitrogens with zero attached hydrogens (tertiary/aromatic N) is 1. The lowest BCUT2D eigenvalue weighted by Crippen LogP contribution is -2.18. The monoisotopic (exact) mass is 468 g/mol. The molecule has 0 aliphatic carbocycles. The van der Waals surface area contributed by atoms with E-state index in [-0.39, 0.29) is 11.4 Å². The summed E-state index contributed by atoms with van der Waals surface area (Å²) in [4.78, 5) is 13.4. The van der Waals surface area contributed by atoms with Crippen molar-refractivity contribution in [2.24, 2.45) is 0 Å². The van der Waals surface area contributed by atoms with E-state index in [0.717, 1.165) is 21.9 Å². The Morgan fingerprint density at radius 1 is 1.00 bits per heavy atom. The molecule has 0 spiro atoms. The summed E-state index contributed by atoms with van der Waals surface area (Å²) in [6.45, 7) is 4.84. The highest BCUT2D eigenvalue weighted by Gasteiger charge is 2.33. The Morgan fingerprint density at radius 2 is 1.73 bits per heavy atom. The minimum absolute atomic E-state index is 0.00364. The Morgan fingerprint density at radius 3 is 2.52 bits per heavy atom. The van der Waals surface area contributed by atoms with Crippen LogP contribution < -0.4 is 5.32 Å². The number of carbonyl (C=O) groups excluding carboxylic acids is 1. The maximum atomic E-state index is 13.2. The van der Waals surface area contributed by atoms with Crippen molar-refractivity contribution < 1.29 is 18.0 Å². The molecule has 1 heterocycles. The molecule has 33 heavy (non-hydrogen) atoms. The van der Waals surface area contributed by atoms with Crippen LogP contribution in [0.25, 0.3) is 10.9 Å². The number of thioether (sulfide) groups is 1. The van der Waals surface area contributed by atoms with Gasteiger partial charge in [-0.1, -0.05) is 54.1 Å². The van der Waals surface area contributed by atoms with Crippen LogP contribution in [0, 0.1) is 13.8 Å². The average molecular weight is 469 g/mol. The molecular formula is C26H23F3N2OS. The second kappa shape index (κ2) is 9.35. The van der Waals surface area contributed by atoms with Gasteiger partial charge in [-0.15, -0.1) is 11.8 Å². The van der Waals surface area contributed by atoms with Crippen LogP contribution in [-0.2, 0) is 17.5 Å². The molecule has 0 radical (unpaired) electrons. The van der Waals surface area contributed by atoms with Crippen LogP contribution in [0.5, 0.6) is 0 Å². The van der Waals surface area contributed by atoms with Gasteiger partial charge in [0.15, 0.2) is 0 Å². The lowest BCUT2D eigenvalue weighted by molar-refractivity contribution is -0.137.